The fourth-order valence-corrected chi connectivity index (χ4v) is 1.50. The van der Waals surface area contributed by atoms with Crippen molar-refractivity contribution in [3.63, 3.8) is 0 Å². The van der Waals surface area contributed by atoms with Gasteiger partial charge in [0.25, 0.3) is 0 Å². The van der Waals surface area contributed by atoms with Crippen LogP contribution in [0.2, 0.25) is 5.15 Å². The van der Waals surface area contributed by atoms with Crippen LogP contribution < -0.4 is 5.32 Å². The maximum atomic E-state index is 8.83. The summed E-state index contributed by atoms with van der Waals surface area (Å²) in [6, 6.07) is 3.86. The molecule has 1 rings (SSSR count). The number of anilines is 1. The highest BCUT2D eigenvalue weighted by Gasteiger charge is 2.13. The molecule has 0 amide bonds. The van der Waals surface area contributed by atoms with Crippen molar-refractivity contribution in [3.8, 4) is 6.07 Å². The lowest BCUT2D eigenvalue weighted by molar-refractivity contribution is 0.630. The molecule has 0 aromatic carbocycles. The molecule has 1 N–H and O–H groups in total. The zero-order valence-corrected chi connectivity index (χ0v) is 10.1. The van der Waals surface area contributed by atoms with Gasteiger partial charge in [0.05, 0.1) is 5.56 Å². The predicted molar refractivity (Wildman–Crippen MR) is 62.1 cm³/mol. The molecule has 1 aromatic heterocycles. The number of nitriles is 1. The van der Waals surface area contributed by atoms with E-state index in [0.717, 1.165) is 5.56 Å². The van der Waals surface area contributed by atoms with E-state index in [9.17, 15) is 0 Å². The lowest BCUT2D eigenvalue weighted by atomic mass is 10.1. The average molecular weight is 224 g/mol. The number of nitrogens with zero attached hydrogens (tertiary/aromatic N) is 2. The number of halogens is 1. The van der Waals surface area contributed by atoms with Gasteiger partial charge in [0.15, 0.2) is 0 Å². The van der Waals surface area contributed by atoms with Crippen LogP contribution in [0.15, 0.2) is 6.07 Å². The molecule has 1 aromatic rings. The lowest BCUT2D eigenvalue weighted by Gasteiger charge is -2.21. The van der Waals surface area contributed by atoms with Crippen LogP contribution in [0.25, 0.3) is 0 Å². The quantitative estimate of drug-likeness (QED) is 0.745. The Morgan fingerprint density at radius 1 is 1.47 bits per heavy atom. The zero-order chi connectivity index (χ0) is 11.6. The van der Waals surface area contributed by atoms with Gasteiger partial charge in [-0.15, -0.1) is 0 Å². The summed E-state index contributed by atoms with van der Waals surface area (Å²) in [7, 11) is 0. The summed E-state index contributed by atoms with van der Waals surface area (Å²) in [5, 5.41) is 12.3. The van der Waals surface area contributed by atoms with Crippen molar-refractivity contribution in [3.05, 3.63) is 22.3 Å². The highest BCUT2D eigenvalue weighted by Crippen LogP contribution is 2.22. The number of nitrogens with one attached hydrogen (secondary N) is 1. The number of hydrogen-bond acceptors (Lipinski definition) is 3. The SMILES string of the molecule is Cc1cc(NC(C)(C)C)nc(Cl)c1C#N. The first-order valence-corrected chi connectivity index (χ1v) is 5.07. The largest absolute Gasteiger partial charge is 0.365 e. The molecule has 15 heavy (non-hydrogen) atoms. The van der Waals surface area contributed by atoms with Gasteiger partial charge in [-0.25, -0.2) is 4.98 Å². The van der Waals surface area contributed by atoms with Crippen molar-refractivity contribution in [1.82, 2.24) is 4.98 Å². The first-order chi connectivity index (χ1) is 6.83. The van der Waals surface area contributed by atoms with Crippen molar-refractivity contribution in [2.24, 2.45) is 0 Å². The molecular weight excluding hydrogens is 210 g/mol. The van der Waals surface area contributed by atoms with Crippen molar-refractivity contribution in [1.29, 1.82) is 5.26 Å². The van der Waals surface area contributed by atoms with E-state index in [1.807, 2.05) is 39.8 Å². The standard InChI is InChI=1S/C11H14ClN3/c1-7-5-9(15-11(2,3)4)14-10(12)8(7)6-13/h5H,1-4H3,(H,14,15). The first-order valence-electron chi connectivity index (χ1n) is 4.69. The second kappa shape index (κ2) is 4.08. The van der Waals surface area contributed by atoms with Gasteiger partial charge in [-0.1, -0.05) is 11.6 Å². The normalized spacial score (nSPS) is 10.9. The highest BCUT2D eigenvalue weighted by atomic mass is 35.5. The van der Waals surface area contributed by atoms with Crippen molar-refractivity contribution < 1.29 is 0 Å². The molecule has 3 nitrogen and oxygen atoms in total. The summed E-state index contributed by atoms with van der Waals surface area (Å²) in [6.07, 6.45) is 0. The Balaban J connectivity index is 3.11. The van der Waals surface area contributed by atoms with Crippen molar-refractivity contribution in [2.45, 2.75) is 33.2 Å². The Morgan fingerprint density at radius 2 is 2.07 bits per heavy atom. The van der Waals surface area contributed by atoms with E-state index in [4.69, 9.17) is 16.9 Å². The van der Waals surface area contributed by atoms with Crippen molar-refractivity contribution in [2.75, 3.05) is 5.32 Å². The van der Waals surface area contributed by atoms with Crippen molar-refractivity contribution >= 4 is 17.4 Å². The van der Waals surface area contributed by atoms with E-state index >= 15 is 0 Å². The first kappa shape index (κ1) is 11.8. The summed E-state index contributed by atoms with van der Waals surface area (Å²) in [4.78, 5) is 4.12. The summed E-state index contributed by atoms with van der Waals surface area (Å²) in [6.45, 7) is 7.96. The van der Waals surface area contributed by atoms with Gasteiger partial charge < -0.3 is 5.32 Å². The molecule has 0 radical (unpaired) electrons. The second-order valence-electron chi connectivity index (χ2n) is 4.48. The maximum Gasteiger partial charge on any atom is 0.149 e. The number of aromatic nitrogens is 1. The van der Waals surface area contributed by atoms with Gasteiger partial charge in [-0.2, -0.15) is 5.26 Å². The topological polar surface area (TPSA) is 48.7 Å². The number of aryl methyl sites for hydroxylation is 1. The molecular formula is C11H14ClN3. The second-order valence-corrected chi connectivity index (χ2v) is 4.84. The molecule has 4 heteroatoms. The Kier molecular flexibility index (Phi) is 3.21. The molecule has 80 valence electrons. The zero-order valence-electron chi connectivity index (χ0n) is 9.35. The third kappa shape index (κ3) is 3.10. The summed E-state index contributed by atoms with van der Waals surface area (Å²) >= 11 is 5.89. The molecule has 0 bridgehead atoms. The third-order valence-corrected chi connectivity index (χ3v) is 2.06. The summed E-state index contributed by atoms with van der Waals surface area (Å²) in [5.74, 6) is 0.698. The third-order valence-electron chi connectivity index (χ3n) is 1.79. The Bertz CT molecular complexity index is 390. The van der Waals surface area contributed by atoms with E-state index < -0.39 is 0 Å². The molecule has 0 atom stereocenters. The van der Waals surface area contributed by atoms with Gasteiger partial charge in [-0.3, -0.25) is 0 Å². The van der Waals surface area contributed by atoms with Gasteiger partial charge in [-0.05, 0) is 39.3 Å². The molecule has 0 aliphatic carbocycles. The molecule has 0 aliphatic heterocycles. The van der Waals surface area contributed by atoms with Crippen LogP contribution in [0.4, 0.5) is 5.82 Å². The molecule has 0 unspecified atom stereocenters. The van der Waals surface area contributed by atoms with Crippen LogP contribution in [0.5, 0.6) is 0 Å². The van der Waals surface area contributed by atoms with Gasteiger partial charge in [0.1, 0.15) is 17.0 Å². The van der Waals surface area contributed by atoms with Gasteiger partial charge in [0, 0.05) is 5.54 Å². The number of pyridine rings is 1. The van der Waals surface area contributed by atoms with Crippen LogP contribution in [0, 0.1) is 18.3 Å². The minimum absolute atomic E-state index is 0.0725. The molecule has 0 saturated carbocycles. The fraction of sp³-hybridized carbons (Fsp3) is 0.455. The minimum Gasteiger partial charge on any atom is -0.365 e. The van der Waals surface area contributed by atoms with Crippen LogP contribution in [0.3, 0.4) is 0 Å². The van der Waals surface area contributed by atoms with Crippen LogP contribution in [-0.4, -0.2) is 10.5 Å². The monoisotopic (exact) mass is 223 g/mol. The van der Waals surface area contributed by atoms with E-state index in [1.165, 1.54) is 0 Å². The lowest BCUT2D eigenvalue weighted by Crippen LogP contribution is -2.26. The van der Waals surface area contributed by atoms with E-state index in [1.54, 1.807) is 0 Å². The molecule has 0 fully saturated rings. The van der Waals surface area contributed by atoms with Crippen LogP contribution in [0.1, 0.15) is 31.9 Å². The Morgan fingerprint density at radius 3 is 2.47 bits per heavy atom. The molecule has 0 saturated heterocycles. The predicted octanol–water partition coefficient (Wildman–Crippen LogP) is 3.13. The molecule has 0 spiro atoms. The highest BCUT2D eigenvalue weighted by molar-refractivity contribution is 6.30. The maximum absolute atomic E-state index is 8.83. The molecule has 1 heterocycles. The molecule has 0 aliphatic rings. The summed E-state index contributed by atoms with van der Waals surface area (Å²) < 4.78 is 0. The number of rotatable bonds is 1. The van der Waals surface area contributed by atoms with Crippen LogP contribution >= 0.6 is 11.6 Å². The van der Waals surface area contributed by atoms with Crippen LogP contribution in [-0.2, 0) is 0 Å². The fourth-order valence-electron chi connectivity index (χ4n) is 1.22. The van der Waals surface area contributed by atoms with Gasteiger partial charge in [0.2, 0.25) is 0 Å². The number of hydrogen-bond donors (Lipinski definition) is 1. The van der Waals surface area contributed by atoms with Gasteiger partial charge >= 0.3 is 0 Å². The minimum atomic E-state index is -0.0725. The van der Waals surface area contributed by atoms with E-state index in [2.05, 4.69) is 10.3 Å². The average Bonchev–Trinajstić information content (AvgIpc) is 1.99. The van der Waals surface area contributed by atoms with E-state index in [0.29, 0.717) is 11.4 Å². The van der Waals surface area contributed by atoms with E-state index in [-0.39, 0.29) is 10.7 Å². The Labute approximate surface area is 95.1 Å². The summed E-state index contributed by atoms with van der Waals surface area (Å²) in [5.41, 5.74) is 1.21. The Hall–Kier alpha value is -1.27. The smallest absolute Gasteiger partial charge is 0.149 e.